The summed E-state index contributed by atoms with van der Waals surface area (Å²) in [6.45, 7) is 5.91. The standard InChI is InChI=1S/C19H24ClN3O4S/c1-3-26-10-6-9-23(19(25)21-15-8-5-7-14(20)11-15)12-17-22-16(13-28-17)18(24)27-4-2/h5,7-8,11,13H,3-4,6,9-10,12H2,1-2H3,(H,21,25). The number of benzene rings is 1. The van der Waals surface area contributed by atoms with Crippen LogP contribution in [0.3, 0.4) is 0 Å². The van der Waals surface area contributed by atoms with Crippen molar-refractivity contribution in [1.29, 1.82) is 0 Å². The first-order valence-electron chi connectivity index (χ1n) is 9.04. The van der Waals surface area contributed by atoms with E-state index in [2.05, 4.69) is 10.3 Å². The molecule has 0 saturated heterocycles. The van der Waals surface area contributed by atoms with Crippen LogP contribution < -0.4 is 5.32 Å². The summed E-state index contributed by atoms with van der Waals surface area (Å²) in [7, 11) is 0. The number of rotatable bonds is 10. The summed E-state index contributed by atoms with van der Waals surface area (Å²) in [5.41, 5.74) is 0.866. The first-order valence-corrected chi connectivity index (χ1v) is 10.3. The second-order valence-corrected chi connectivity index (χ2v) is 7.14. The van der Waals surface area contributed by atoms with Crippen LogP contribution in [0.2, 0.25) is 5.02 Å². The molecule has 2 rings (SSSR count). The van der Waals surface area contributed by atoms with E-state index in [4.69, 9.17) is 21.1 Å². The van der Waals surface area contributed by atoms with Crippen molar-refractivity contribution >= 4 is 40.6 Å². The lowest BCUT2D eigenvalue weighted by Crippen LogP contribution is -2.35. The summed E-state index contributed by atoms with van der Waals surface area (Å²) in [6.07, 6.45) is 0.687. The molecule has 0 spiro atoms. The van der Waals surface area contributed by atoms with E-state index in [-0.39, 0.29) is 24.9 Å². The Hall–Kier alpha value is -2.16. The largest absolute Gasteiger partial charge is 0.461 e. The molecule has 28 heavy (non-hydrogen) atoms. The Morgan fingerprint density at radius 2 is 2.11 bits per heavy atom. The number of amides is 2. The molecule has 1 N–H and O–H groups in total. The number of nitrogens with one attached hydrogen (secondary N) is 1. The van der Waals surface area contributed by atoms with Crippen LogP contribution in [0.25, 0.3) is 0 Å². The van der Waals surface area contributed by atoms with E-state index in [1.165, 1.54) is 11.3 Å². The lowest BCUT2D eigenvalue weighted by Gasteiger charge is -2.22. The van der Waals surface area contributed by atoms with Crippen molar-refractivity contribution in [2.45, 2.75) is 26.8 Å². The van der Waals surface area contributed by atoms with E-state index < -0.39 is 5.97 Å². The van der Waals surface area contributed by atoms with Crippen LogP contribution in [0, 0.1) is 0 Å². The number of carbonyl (C=O) groups excluding carboxylic acids is 2. The van der Waals surface area contributed by atoms with Gasteiger partial charge in [-0.25, -0.2) is 14.6 Å². The zero-order valence-electron chi connectivity index (χ0n) is 15.9. The highest BCUT2D eigenvalue weighted by molar-refractivity contribution is 7.09. The quantitative estimate of drug-likeness (QED) is 0.449. The predicted octanol–water partition coefficient (Wildman–Crippen LogP) is 4.43. The summed E-state index contributed by atoms with van der Waals surface area (Å²) < 4.78 is 10.3. The number of urea groups is 1. The zero-order valence-corrected chi connectivity index (χ0v) is 17.5. The molecule has 0 atom stereocenters. The van der Waals surface area contributed by atoms with Crippen molar-refractivity contribution < 1.29 is 19.1 Å². The minimum atomic E-state index is -0.462. The highest BCUT2D eigenvalue weighted by Crippen LogP contribution is 2.18. The predicted molar refractivity (Wildman–Crippen MR) is 110 cm³/mol. The molecule has 1 aromatic heterocycles. The summed E-state index contributed by atoms with van der Waals surface area (Å²) in [6, 6.07) is 6.68. The van der Waals surface area contributed by atoms with Gasteiger partial charge in [0.1, 0.15) is 5.01 Å². The van der Waals surface area contributed by atoms with Crippen molar-refractivity contribution in [3.8, 4) is 0 Å². The molecule has 1 heterocycles. The van der Waals surface area contributed by atoms with Gasteiger partial charge in [-0.3, -0.25) is 0 Å². The minimum Gasteiger partial charge on any atom is -0.461 e. The van der Waals surface area contributed by atoms with Gasteiger partial charge in [-0.1, -0.05) is 17.7 Å². The van der Waals surface area contributed by atoms with Crippen LogP contribution >= 0.6 is 22.9 Å². The fraction of sp³-hybridized carbons (Fsp3) is 0.421. The molecule has 7 nitrogen and oxygen atoms in total. The Kier molecular flexibility index (Phi) is 9.19. The van der Waals surface area contributed by atoms with Crippen LogP contribution in [-0.4, -0.2) is 48.2 Å². The van der Waals surface area contributed by atoms with Crippen molar-refractivity contribution in [2.24, 2.45) is 0 Å². The third-order valence-corrected chi connectivity index (χ3v) is 4.72. The number of carbonyl (C=O) groups is 2. The van der Waals surface area contributed by atoms with Gasteiger partial charge in [-0.05, 0) is 38.5 Å². The second kappa shape index (κ2) is 11.6. The molecule has 2 amide bonds. The third-order valence-electron chi connectivity index (χ3n) is 3.65. The molecular weight excluding hydrogens is 402 g/mol. The maximum Gasteiger partial charge on any atom is 0.357 e. The molecule has 2 aromatic rings. The SMILES string of the molecule is CCOCCCN(Cc1nc(C(=O)OCC)cs1)C(=O)Nc1cccc(Cl)c1. The number of aromatic nitrogens is 1. The Bertz CT molecular complexity index is 784. The Labute approximate surface area is 173 Å². The van der Waals surface area contributed by atoms with Gasteiger partial charge in [0.25, 0.3) is 0 Å². The first-order chi connectivity index (χ1) is 13.5. The number of esters is 1. The van der Waals surface area contributed by atoms with E-state index >= 15 is 0 Å². The summed E-state index contributed by atoms with van der Waals surface area (Å²) >= 11 is 7.30. The molecule has 0 unspecified atom stereocenters. The summed E-state index contributed by atoms with van der Waals surface area (Å²) in [5, 5.41) is 5.68. The van der Waals surface area contributed by atoms with Gasteiger partial charge in [0.2, 0.25) is 0 Å². The number of nitrogens with zero attached hydrogens (tertiary/aromatic N) is 2. The molecule has 0 fully saturated rings. The summed E-state index contributed by atoms with van der Waals surface area (Å²) in [4.78, 5) is 30.5. The molecule has 0 aliphatic rings. The van der Waals surface area contributed by atoms with E-state index in [9.17, 15) is 9.59 Å². The normalized spacial score (nSPS) is 10.5. The molecule has 0 saturated carbocycles. The lowest BCUT2D eigenvalue weighted by molar-refractivity contribution is 0.0520. The topological polar surface area (TPSA) is 80.8 Å². The number of hydrogen-bond acceptors (Lipinski definition) is 6. The van der Waals surface area contributed by atoms with Crippen LogP contribution in [-0.2, 0) is 16.0 Å². The molecule has 152 valence electrons. The van der Waals surface area contributed by atoms with Gasteiger partial charge < -0.3 is 19.7 Å². The van der Waals surface area contributed by atoms with Crippen molar-refractivity contribution in [2.75, 3.05) is 31.7 Å². The summed E-state index contributed by atoms with van der Waals surface area (Å²) in [5.74, 6) is -0.462. The van der Waals surface area contributed by atoms with E-state index in [0.717, 1.165) is 0 Å². The van der Waals surface area contributed by atoms with Crippen LogP contribution in [0.15, 0.2) is 29.6 Å². The van der Waals surface area contributed by atoms with E-state index in [0.29, 0.717) is 41.9 Å². The number of ether oxygens (including phenoxy) is 2. The minimum absolute atomic E-state index is 0.256. The van der Waals surface area contributed by atoms with Crippen LogP contribution in [0.1, 0.15) is 35.8 Å². The fourth-order valence-corrected chi connectivity index (χ4v) is 3.34. The van der Waals surface area contributed by atoms with Crippen LogP contribution in [0.4, 0.5) is 10.5 Å². The zero-order chi connectivity index (χ0) is 20.4. The highest BCUT2D eigenvalue weighted by atomic mass is 35.5. The van der Waals surface area contributed by atoms with Crippen molar-refractivity contribution in [1.82, 2.24) is 9.88 Å². The van der Waals surface area contributed by atoms with Gasteiger partial charge in [-0.15, -0.1) is 11.3 Å². The van der Waals surface area contributed by atoms with Gasteiger partial charge >= 0.3 is 12.0 Å². The van der Waals surface area contributed by atoms with Gasteiger partial charge in [0, 0.05) is 35.8 Å². The van der Waals surface area contributed by atoms with Crippen molar-refractivity contribution in [3.63, 3.8) is 0 Å². The highest BCUT2D eigenvalue weighted by Gasteiger charge is 2.18. The smallest absolute Gasteiger partial charge is 0.357 e. The maximum absolute atomic E-state index is 12.8. The number of anilines is 1. The Morgan fingerprint density at radius 3 is 2.82 bits per heavy atom. The first kappa shape index (κ1) is 22.1. The Morgan fingerprint density at radius 1 is 1.29 bits per heavy atom. The average Bonchev–Trinajstić information content (AvgIpc) is 3.13. The van der Waals surface area contributed by atoms with E-state index in [1.807, 2.05) is 6.92 Å². The molecule has 0 bridgehead atoms. The molecule has 0 aliphatic heterocycles. The molecule has 9 heteroatoms. The van der Waals surface area contributed by atoms with E-state index in [1.54, 1.807) is 41.5 Å². The van der Waals surface area contributed by atoms with Gasteiger partial charge in [-0.2, -0.15) is 0 Å². The Balaban J connectivity index is 2.05. The molecule has 0 radical (unpaired) electrons. The number of halogens is 1. The third kappa shape index (κ3) is 7.10. The molecular formula is C19H24ClN3O4S. The fourth-order valence-electron chi connectivity index (χ4n) is 2.37. The number of hydrogen-bond donors (Lipinski definition) is 1. The van der Waals surface area contributed by atoms with Crippen LogP contribution in [0.5, 0.6) is 0 Å². The van der Waals surface area contributed by atoms with Crippen molar-refractivity contribution in [3.05, 3.63) is 45.4 Å². The van der Waals surface area contributed by atoms with Gasteiger partial charge in [0.05, 0.1) is 13.2 Å². The molecule has 1 aromatic carbocycles. The number of thiazole rings is 1. The van der Waals surface area contributed by atoms with Gasteiger partial charge in [0.15, 0.2) is 5.69 Å². The monoisotopic (exact) mass is 425 g/mol. The average molecular weight is 426 g/mol. The second-order valence-electron chi connectivity index (χ2n) is 5.76. The lowest BCUT2D eigenvalue weighted by atomic mass is 10.3. The molecule has 0 aliphatic carbocycles. The maximum atomic E-state index is 12.8.